The third-order valence-electron chi connectivity index (χ3n) is 3.16. The van der Waals surface area contributed by atoms with Crippen LogP contribution in [-0.2, 0) is 0 Å². The number of para-hydroxylation sites is 1. The van der Waals surface area contributed by atoms with Crippen molar-refractivity contribution in [1.82, 2.24) is 14.9 Å². The molecule has 0 unspecified atom stereocenters. The number of ether oxygens (including phenoxy) is 1. The highest BCUT2D eigenvalue weighted by Crippen LogP contribution is 2.23. The molecule has 0 saturated heterocycles. The molecule has 2 aromatic carbocycles. The number of hydrogen-bond donors (Lipinski definition) is 2. The van der Waals surface area contributed by atoms with Crippen molar-refractivity contribution in [3.8, 4) is 11.5 Å². The maximum atomic E-state index is 12.1. The first-order valence-electron chi connectivity index (χ1n) is 7.36. The molecule has 1 heterocycles. The van der Waals surface area contributed by atoms with E-state index in [-0.39, 0.29) is 11.0 Å². The van der Waals surface area contributed by atoms with Crippen molar-refractivity contribution < 1.29 is 9.53 Å². The van der Waals surface area contributed by atoms with Crippen molar-refractivity contribution in [3.63, 3.8) is 0 Å². The fraction of sp³-hybridized carbons (Fsp3) is 0.0588. The van der Waals surface area contributed by atoms with Gasteiger partial charge in [-0.25, -0.2) is 0 Å². The van der Waals surface area contributed by atoms with Gasteiger partial charge >= 0.3 is 0 Å². The number of benzene rings is 2. The number of aryl methyl sites for hydroxylation is 1. The summed E-state index contributed by atoms with van der Waals surface area (Å²) in [4.78, 5) is 12.5. The SMILES string of the molecule is Cc1nnsc1C(=O)NC(=S)Nc1cccc(Oc2ccccc2)c1. The molecule has 0 aliphatic carbocycles. The summed E-state index contributed by atoms with van der Waals surface area (Å²) in [7, 11) is 0. The normalized spacial score (nSPS) is 10.1. The van der Waals surface area contributed by atoms with Crippen LogP contribution in [0.1, 0.15) is 15.4 Å². The third kappa shape index (κ3) is 4.59. The maximum Gasteiger partial charge on any atom is 0.271 e. The molecule has 0 aliphatic heterocycles. The Morgan fingerprint density at radius 1 is 1.12 bits per heavy atom. The molecule has 2 N–H and O–H groups in total. The van der Waals surface area contributed by atoms with E-state index in [2.05, 4.69) is 20.2 Å². The lowest BCUT2D eigenvalue weighted by atomic mass is 10.3. The van der Waals surface area contributed by atoms with Crippen LogP contribution in [0.4, 0.5) is 5.69 Å². The van der Waals surface area contributed by atoms with Crippen molar-refractivity contribution in [2.24, 2.45) is 0 Å². The van der Waals surface area contributed by atoms with Gasteiger partial charge in [0.1, 0.15) is 16.4 Å². The van der Waals surface area contributed by atoms with Crippen LogP contribution in [0.25, 0.3) is 0 Å². The summed E-state index contributed by atoms with van der Waals surface area (Å²) in [6.07, 6.45) is 0. The van der Waals surface area contributed by atoms with Crippen LogP contribution < -0.4 is 15.4 Å². The lowest BCUT2D eigenvalue weighted by molar-refractivity contribution is 0.0981. The average molecular weight is 370 g/mol. The van der Waals surface area contributed by atoms with Crippen LogP contribution in [0.3, 0.4) is 0 Å². The standard InChI is InChI=1S/C17H14N4O2S2/c1-11-15(25-21-20-11)16(22)19-17(24)18-12-6-5-9-14(10-12)23-13-7-3-2-4-8-13/h2-10H,1H3,(H2,18,19,22,24). The summed E-state index contributed by atoms with van der Waals surface area (Å²) in [5.74, 6) is 1.07. The molecule has 0 atom stereocenters. The summed E-state index contributed by atoms with van der Waals surface area (Å²) in [5.41, 5.74) is 1.28. The van der Waals surface area contributed by atoms with Crippen molar-refractivity contribution in [2.45, 2.75) is 6.92 Å². The second-order valence-electron chi connectivity index (χ2n) is 5.04. The molecule has 0 aliphatic rings. The molecule has 0 bridgehead atoms. The number of nitrogens with zero attached hydrogens (tertiary/aromatic N) is 2. The fourth-order valence-electron chi connectivity index (χ4n) is 2.02. The zero-order valence-corrected chi connectivity index (χ0v) is 14.9. The van der Waals surface area contributed by atoms with Crippen LogP contribution >= 0.6 is 23.8 Å². The van der Waals surface area contributed by atoms with Gasteiger partial charge in [0.2, 0.25) is 0 Å². The molecule has 126 valence electrons. The molecule has 8 heteroatoms. The number of aromatic nitrogens is 2. The molecule has 3 aromatic rings. The van der Waals surface area contributed by atoms with Gasteiger partial charge in [-0.3, -0.25) is 10.1 Å². The molecule has 0 radical (unpaired) electrons. The quantitative estimate of drug-likeness (QED) is 0.681. The van der Waals surface area contributed by atoms with Gasteiger partial charge < -0.3 is 10.1 Å². The minimum atomic E-state index is -0.332. The summed E-state index contributed by atoms with van der Waals surface area (Å²) in [6, 6.07) is 16.8. The first-order chi connectivity index (χ1) is 12.1. The Morgan fingerprint density at radius 3 is 2.60 bits per heavy atom. The second kappa shape index (κ2) is 7.82. The van der Waals surface area contributed by atoms with Crippen molar-refractivity contribution >= 4 is 40.5 Å². The fourth-order valence-corrected chi connectivity index (χ4v) is 2.79. The van der Waals surface area contributed by atoms with Crippen LogP contribution in [0, 0.1) is 6.92 Å². The van der Waals surface area contributed by atoms with Gasteiger partial charge in [-0.1, -0.05) is 28.8 Å². The van der Waals surface area contributed by atoms with Crippen molar-refractivity contribution in [2.75, 3.05) is 5.32 Å². The van der Waals surface area contributed by atoms with Crippen LogP contribution in [0.2, 0.25) is 0 Å². The van der Waals surface area contributed by atoms with E-state index in [9.17, 15) is 4.79 Å². The van der Waals surface area contributed by atoms with Gasteiger partial charge in [-0.2, -0.15) is 0 Å². The zero-order valence-electron chi connectivity index (χ0n) is 13.2. The molecule has 1 aromatic heterocycles. The van der Waals surface area contributed by atoms with E-state index in [1.165, 1.54) is 0 Å². The first kappa shape index (κ1) is 17.0. The van der Waals surface area contributed by atoms with Gasteiger partial charge in [-0.15, -0.1) is 5.10 Å². The summed E-state index contributed by atoms with van der Waals surface area (Å²) >= 11 is 6.21. The van der Waals surface area contributed by atoms with Crippen molar-refractivity contribution in [3.05, 3.63) is 65.2 Å². The molecule has 0 fully saturated rings. The monoisotopic (exact) mass is 370 g/mol. The van der Waals surface area contributed by atoms with Gasteiger partial charge in [0, 0.05) is 11.8 Å². The van der Waals surface area contributed by atoms with E-state index in [1.807, 2.05) is 48.5 Å². The smallest absolute Gasteiger partial charge is 0.271 e. The number of anilines is 1. The van der Waals surface area contributed by atoms with E-state index in [4.69, 9.17) is 17.0 Å². The largest absolute Gasteiger partial charge is 0.457 e. The van der Waals surface area contributed by atoms with Gasteiger partial charge in [0.25, 0.3) is 5.91 Å². The predicted octanol–water partition coefficient (Wildman–Crippen LogP) is 3.77. The van der Waals surface area contributed by atoms with Gasteiger partial charge in [0.15, 0.2) is 5.11 Å². The Hall–Kier alpha value is -2.84. The Kier molecular flexibility index (Phi) is 5.32. The second-order valence-corrected chi connectivity index (χ2v) is 6.20. The number of hydrogen-bond acceptors (Lipinski definition) is 6. The highest BCUT2D eigenvalue weighted by atomic mass is 32.1. The van der Waals surface area contributed by atoms with Crippen LogP contribution in [-0.4, -0.2) is 20.6 Å². The Balaban J connectivity index is 1.63. The Labute approximate surface area is 154 Å². The lowest BCUT2D eigenvalue weighted by Crippen LogP contribution is -2.34. The van der Waals surface area contributed by atoms with E-state index in [1.54, 1.807) is 13.0 Å². The highest BCUT2D eigenvalue weighted by molar-refractivity contribution is 7.80. The molecule has 3 rings (SSSR count). The van der Waals surface area contributed by atoms with Crippen LogP contribution in [0.15, 0.2) is 54.6 Å². The number of amides is 1. The van der Waals surface area contributed by atoms with Gasteiger partial charge in [-0.05, 0) is 54.9 Å². The number of thiocarbonyl (C=S) groups is 1. The molecule has 6 nitrogen and oxygen atoms in total. The zero-order chi connectivity index (χ0) is 17.6. The number of rotatable bonds is 4. The summed E-state index contributed by atoms with van der Waals surface area (Å²) in [5, 5.41) is 9.57. The first-order valence-corrected chi connectivity index (χ1v) is 8.54. The van der Waals surface area contributed by atoms with E-state index in [0.717, 1.165) is 17.3 Å². The summed E-state index contributed by atoms with van der Waals surface area (Å²) < 4.78 is 9.51. The predicted molar refractivity (Wildman–Crippen MR) is 101 cm³/mol. The molecular formula is C17H14N4O2S2. The highest BCUT2D eigenvalue weighted by Gasteiger charge is 2.14. The number of nitrogens with one attached hydrogen (secondary N) is 2. The van der Waals surface area contributed by atoms with Gasteiger partial charge in [0.05, 0.1) is 5.69 Å². The van der Waals surface area contributed by atoms with E-state index >= 15 is 0 Å². The lowest BCUT2D eigenvalue weighted by Gasteiger charge is -2.11. The Morgan fingerprint density at radius 2 is 1.88 bits per heavy atom. The maximum absolute atomic E-state index is 12.1. The van der Waals surface area contributed by atoms with E-state index in [0.29, 0.717) is 22.0 Å². The molecular weight excluding hydrogens is 356 g/mol. The molecule has 1 amide bonds. The molecule has 25 heavy (non-hydrogen) atoms. The van der Waals surface area contributed by atoms with Crippen LogP contribution in [0.5, 0.6) is 11.5 Å². The molecule has 0 saturated carbocycles. The Bertz CT molecular complexity index is 896. The average Bonchev–Trinajstić information content (AvgIpc) is 3.02. The molecule has 0 spiro atoms. The summed E-state index contributed by atoms with van der Waals surface area (Å²) in [6.45, 7) is 1.72. The van der Waals surface area contributed by atoms with E-state index < -0.39 is 0 Å². The number of carbonyl (C=O) groups is 1. The minimum Gasteiger partial charge on any atom is -0.457 e. The topological polar surface area (TPSA) is 76.1 Å². The number of carbonyl (C=O) groups excluding carboxylic acids is 1. The van der Waals surface area contributed by atoms with Crippen molar-refractivity contribution in [1.29, 1.82) is 0 Å². The third-order valence-corrected chi connectivity index (χ3v) is 4.19. The minimum absolute atomic E-state index is 0.190.